The van der Waals surface area contributed by atoms with Crippen LogP contribution in [-0.2, 0) is 0 Å². The fraction of sp³-hybridized carbons (Fsp3) is 0.421. The van der Waals surface area contributed by atoms with Crippen LogP contribution in [0.1, 0.15) is 18.8 Å². The van der Waals surface area contributed by atoms with Crippen molar-refractivity contribution in [3.8, 4) is 0 Å². The highest BCUT2D eigenvalue weighted by Crippen LogP contribution is 2.26. The molecule has 1 aromatic carbocycles. The number of hydrogen-bond donors (Lipinski definition) is 2. The summed E-state index contributed by atoms with van der Waals surface area (Å²) in [5.74, 6) is 1.35. The first-order valence-corrected chi connectivity index (χ1v) is 9.31. The van der Waals surface area contributed by atoms with E-state index in [1.165, 1.54) is 0 Å². The Labute approximate surface area is 159 Å². The molecule has 1 atom stereocenters. The number of benzene rings is 1. The molecule has 0 aliphatic carbocycles. The molecule has 0 spiro atoms. The minimum atomic E-state index is -0.733. The number of halogens is 1. The summed E-state index contributed by atoms with van der Waals surface area (Å²) >= 11 is 6.31. The van der Waals surface area contributed by atoms with Gasteiger partial charge in [0.25, 0.3) is 0 Å². The maximum atomic E-state index is 10.2. The number of anilines is 1. The van der Waals surface area contributed by atoms with Crippen LogP contribution in [0.2, 0.25) is 5.02 Å². The first kappa shape index (κ1) is 18.6. The molecule has 1 saturated heterocycles. The van der Waals surface area contributed by atoms with Gasteiger partial charge in [-0.3, -0.25) is 0 Å². The van der Waals surface area contributed by atoms with Crippen LogP contribution in [-0.4, -0.2) is 55.2 Å². The Morgan fingerprint density at radius 1 is 1.23 bits per heavy atom. The molecule has 0 radical (unpaired) electrons. The van der Waals surface area contributed by atoms with E-state index in [2.05, 4.69) is 26.2 Å². The average Bonchev–Trinajstić information content (AvgIpc) is 3.20. The Morgan fingerprint density at radius 2 is 2.00 bits per heavy atom. The van der Waals surface area contributed by atoms with Crippen molar-refractivity contribution in [1.29, 1.82) is 0 Å². The lowest BCUT2D eigenvalue weighted by Crippen LogP contribution is -2.52. The predicted molar refractivity (Wildman–Crippen MR) is 105 cm³/mol. The van der Waals surface area contributed by atoms with Crippen molar-refractivity contribution in [2.24, 2.45) is 4.99 Å². The van der Waals surface area contributed by atoms with Gasteiger partial charge in [0.1, 0.15) is 11.9 Å². The van der Waals surface area contributed by atoms with Crippen LogP contribution in [0.4, 0.5) is 5.69 Å². The molecule has 2 aromatic rings. The second-order valence-corrected chi connectivity index (χ2v) is 6.56. The average molecular weight is 377 g/mol. The summed E-state index contributed by atoms with van der Waals surface area (Å²) in [5.41, 5.74) is 1.07. The molecule has 0 bridgehead atoms. The zero-order valence-electron chi connectivity index (χ0n) is 14.9. The first-order valence-electron chi connectivity index (χ1n) is 8.93. The molecule has 1 aromatic heterocycles. The Balaban J connectivity index is 1.61. The Hall–Kier alpha value is -2.18. The van der Waals surface area contributed by atoms with Crippen molar-refractivity contribution in [2.75, 3.05) is 44.2 Å². The Morgan fingerprint density at radius 3 is 2.65 bits per heavy atom. The van der Waals surface area contributed by atoms with Crippen molar-refractivity contribution in [3.63, 3.8) is 0 Å². The summed E-state index contributed by atoms with van der Waals surface area (Å²) in [6, 6.07) is 11.5. The van der Waals surface area contributed by atoms with Gasteiger partial charge >= 0.3 is 0 Å². The highest BCUT2D eigenvalue weighted by atomic mass is 35.5. The van der Waals surface area contributed by atoms with E-state index >= 15 is 0 Å². The quantitative estimate of drug-likeness (QED) is 0.620. The Bertz CT molecular complexity index is 712. The van der Waals surface area contributed by atoms with Gasteiger partial charge in [0.2, 0.25) is 0 Å². The minimum Gasteiger partial charge on any atom is -0.467 e. The van der Waals surface area contributed by atoms with Crippen molar-refractivity contribution >= 4 is 23.2 Å². The third-order valence-corrected chi connectivity index (χ3v) is 4.71. The first-order chi connectivity index (χ1) is 12.7. The van der Waals surface area contributed by atoms with Gasteiger partial charge in [-0.05, 0) is 31.2 Å². The van der Waals surface area contributed by atoms with Crippen molar-refractivity contribution < 1.29 is 9.52 Å². The van der Waals surface area contributed by atoms with E-state index in [9.17, 15) is 5.11 Å². The van der Waals surface area contributed by atoms with E-state index in [1.54, 1.807) is 18.4 Å². The van der Waals surface area contributed by atoms with Crippen LogP contribution in [0.25, 0.3) is 0 Å². The molecular formula is C19H25ClN4O2. The van der Waals surface area contributed by atoms with Crippen LogP contribution < -0.4 is 10.2 Å². The number of aliphatic hydroxyl groups excluding tert-OH is 1. The molecule has 0 saturated carbocycles. The van der Waals surface area contributed by atoms with Gasteiger partial charge in [0, 0.05) is 32.7 Å². The number of hydrogen-bond acceptors (Lipinski definition) is 4. The summed E-state index contributed by atoms with van der Waals surface area (Å²) < 4.78 is 5.23. The largest absolute Gasteiger partial charge is 0.467 e. The minimum absolute atomic E-state index is 0.264. The molecule has 1 aliphatic rings. The molecule has 140 valence electrons. The number of aliphatic hydroxyl groups is 1. The molecule has 3 rings (SSSR count). The van der Waals surface area contributed by atoms with E-state index in [1.807, 2.05) is 25.1 Å². The van der Waals surface area contributed by atoms with Gasteiger partial charge in [-0.2, -0.15) is 0 Å². The van der Waals surface area contributed by atoms with Crippen molar-refractivity contribution in [2.45, 2.75) is 13.0 Å². The molecule has 0 amide bonds. The van der Waals surface area contributed by atoms with E-state index in [0.717, 1.165) is 49.4 Å². The number of para-hydroxylation sites is 1. The van der Waals surface area contributed by atoms with E-state index in [0.29, 0.717) is 5.76 Å². The maximum Gasteiger partial charge on any atom is 0.194 e. The van der Waals surface area contributed by atoms with Gasteiger partial charge in [0.05, 0.1) is 23.5 Å². The lowest BCUT2D eigenvalue weighted by molar-refractivity contribution is 0.158. The van der Waals surface area contributed by atoms with Crippen LogP contribution >= 0.6 is 11.6 Å². The number of furan rings is 1. The monoisotopic (exact) mass is 376 g/mol. The van der Waals surface area contributed by atoms with E-state index < -0.39 is 6.10 Å². The van der Waals surface area contributed by atoms with Gasteiger partial charge < -0.3 is 24.6 Å². The highest BCUT2D eigenvalue weighted by molar-refractivity contribution is 6.33. The molecule has 7 heteroatoms. The number of rotatable bonds is 5. The van der Waals surface area contributed by atoms with Gasteiger partial charge in [0.15, 0.2) is 5.96 Å². The SMILES string of the molecule is CCNC(=NCC(O)c1ccco1)N1CCN(c2ccccc2Cl)CC1. The third-order valence-electron chi connectivity index (χ3n) is 4.39. The second kappa shape index (κ2) is 8.96. The molecule has 2 heterocycles. The fourth-order valence-electron chi connectivity index (χ4n) is 3.04. The number of nitrogens with zero attached hydrogens (tertiary/aromatic N) is 3. The van der Waals surface area contributed by atoms with Crippen molar-refractivity contribution in [1.82, 2.24) is 10.2 Å². The number of piperazine rings is 1. The lowest BCUT2D eigenvalue weighted by atomic mass is 10.2. The maximum absolute atomic E-state index is 10.2. The molecule has 6 nitrogen and oxygen atoms in total. The standard InChI is InChI=1S/C19H25ClN4O2/c1-2-21-19(22-14-17(25)18-8-5-13-26-18)24-11-9-23(10-12-24)16-7-4-3-6-15(16)20/h3-8,13,17,25H,2,9-12,14H2,1H3,(H,21,22). The van der Waals surface area contributed by atoms with E-state index in [-0.39, 0.29) is 6.54 Å². The molecular weight excluding hydrogens is 352 g/mol. The third kappa shape index (κ3) is 4.51. The highest BCUT2D eigenvalue weighted by Gasteiger charge is 2.21. The zero-order valence-corrected chi connectivity index (χ0v) is 15.7. The summed E-state index contributed by atoms with van der Waals surface area (Å²) in [7, 11) is 0. The fourth-order valence-corrected chi connectivity index (χ4v) is 3.29. The zero-order chi connectivity index (χ0) is 18.4. The number of guanidine groups is 1. The smallest absolute Gasteiger partial charge is 0.194 e. The number of aliphatic imine (C=N–C) groups is 1. The molecule has 1 unspecified atom stereocenters. The number of nitrogens with one attached hydrogen (secondary N) is 1. The van der Waals surface area contributed by atoms with Gasteiger partial charge in [-0.25, -0.2) is 4.99 Å². The Kier molecular flexibility index (Phi) is 6.41. The van der Waals surface area contributed by atoms with Crippen LogP contribution in [0.15, 0.2) is 52.1 Å². The summed E-state index contributed by atoms with van der Waals surface area (Å²) in [6.45, 7) is 6.50. The van der Waals surface area contributed by atoms with Gasteiger partial charge in [-0.1, -0.05) is 23.7 Å². The van der Waals surface area contributed by atoms with Crippen molar-refractivity contribution in [3.05, 3.63) is 53.4 Å². The predicted octanol–water partition coefficient (Wildman–Crippen LogP) is 2.75. The summed E-state index contributed by atoms with van der Waals surface area (Å²) in [6.07, 6.45) is 0.824. The molecule has 1 fully saturated rings. The van der Waals surface area contributed by atoms with Crippen LogP contribution in [0.5, 0.6) is 0 Å². The topological polar surface area (TPSA) is 64.2 Å². The van der Waals surface area contributed by atoms with E-state index in [4.69, 9.17) is 16.0 Å². The van der Waals surface area contributed by atoms with Gasteiger partial charge in [-0.15, -0.1) is 0 Å². The molecule has 2 N–H and O–H groups in total. The second-order valence-electron chi connectivity index (χ2n) is 6.15. The molecule has 26 heavy (non-hydrogen) atoms. The summed E-state index contributed by atoms with van der Waals surface area (Å²) in [4.78, 5) is 9.09. The normalized spacial score (nSPS) is 16.7. The lowest BCUT2D eigenvalue weighted by Gasteiger charge is -2.38. The summed E-state index contributed by atoms with van der Waals surface area (Å²) in [5, 5.41) is 14.3. The van der Waals surface area contributed by atoms with Crippen LogP contribution in [0, 0.1) is 0 Å². The molecule has 1 aliphatic heterocycles. The van der Waals surface area contributed by atoms with Crippen LogP contribution in [0.3, 0.4) is 0 Å².